The van der Waals surface area contributed by atoms with Crippen LogP contribution in [-0.2, 0) is 14.2 Å². The van der Waals surface area contributed by atoms with Gasteiger partial charge in [0.2, 0.25) is 0 Å². The molecule has 0 aliphatic carbocycles. The van der Waals surface area contributed by atoms with Gasteiger partial charge in [-0.15, -0.1) is 0 Å². The molecule has 0 spiro atoms. The molecule has 1 heterocycles. The molecule has 0 bridgehead atoms. The maximum absolute atomic E-state index is 14.5. The van der Waals surface area contributed by atoms with Crippen molar-refractivity contribution < 1.29 is 37.8 Å². The highest BCUT2D eigenvalue weighted by atomic mass is 19.1. The van der Waals surface area contributed by atoms with Crippen LogP contribution in [0.5, 0.6) is 0 Å². The van der Waals surface area contributed by atoms with Crippen molar-refractivity contribution in [3.05, 3.63) is 29.6 Å². The zero-order valence-corrected chi connectivity index (χ0v) is 19.4. The molecule has 1 saturated heterocycles. The van der Waals surface area contributed by atoms with Crippen molar-refractivity contribution in [2.45, 2.75) is 58.8 Å². The fraction of sp³-hybridized carbons (Fsp3) is 0.524. The second-order valence-electron chi connectivity index (χ2n) is 9.24. The number of alkyl carbamates (subject to hydrolysis) is 1. The van der Waals surface area contributed by atoms with Gasteiger partial charge in [0, 0.05) is 0 Å². The molecular weight excluding hydrogens is 439 g/mol. The van der Waals surface area contributed by atoms with Crippen LogP contribution >= 0.6 is 0 Å². The molecule has 1 atom stereocenters. The number of hydrogen-bond acceptors (Lipinski definition) is 7. The summed E-state index contributed by atoms with van der Waals surface area (Å²) >= 11 is 0. The Hall–Kier alpha value is -3.57. The van der Waals surface area contributed by atoms with Crippen LogP contribution in [0.15, 0.2) is 18.2 Å². The summed E-state index contributed by atoms with van der Waals surface area (Å²) in [5, 5.41) is 2.51. The van der Waals surface area contributed by atoms with Crippen LogP contribution in [0.3, 0.4) is 0 Å². The van der Waals surface area contributed by atoms with E-state index in [0.29, 0.717) is 0 Å². The van der Waals surface area contributed by atoms with E-state index in [-0.39, 0.29) is 24.3 Å². The van der Waals surface area contributed by atoms with Crippen LogP contribution < -0.4 is 21.1 Å². The Balaban J connectivity index is 1.94. The lowest BCUT2D eigenvalue weighted by Gasteiger charge is -2.20. The highest BCUT2D eigenvalue weighted by Gasteiger charge is 2.33. The number of benzene rings is 1. The van der Waals surface area contributed by atoms with Gasteiger partial charge >= 0.3 is 18.3 Å². The summed E-state index contributed by atoms with van der Waals surface area (Å²) in [7, 11) is 0. The number of rotatable bonds is 4. The molecule has 1 aliphatic heterocycles. The van der Waals surface area contributed by atoms with Crippen molar-refractivity contribution >= 4 is 29.9 Å². The Bertz CT molecular complexity index is 924. The van der Waals surface area contributed by atoms with Crippen molar-refractivity contribution in [3.63, 3.8) is 0 Å². The van der Waals surface area contributed by atoms with Gasteiger partial charge in [-0.05, 0) is 59.7 Å². The summed E-state index contributed by atoms with van der Waals surface area (Å²) in [4.78, 5) is 48.9. The van der Waals surface area contributed by atoms with Crippen LogP contribution in [0.1, 0.15) is 51.9 Å². The van der Waals surface area contributed by atoms with Crippen molar-refractivity contribution in [2.24, 2.45) is 0 Å². The van der Waals surface area contributed by atoms with E-state index in [1.54, 1.807) is 41.5 Å². The molecule has 0 radical (unpaired) electrons. The first-order chi connectivity index (χ1) is 15.1. The molecule has 3 N–H and O–H groups in total. The first-order valence-corrected chi connectivity index (χ1v) is 10.2. The molecule has 0 aromatic heterocycles. The van der Waals surface area contributed by atoms with Gasteiger partial charge in [0.15, 0.2) is 0 Å². The monoisotopic (exact) mass is 468 g/mol. The Morgan fingerprint density at radius 2 is 1.67 bits per heavy atom. The lowest BCUT2D eigenvalue weighted by molar-refractivity contribution is 0.0479. The Labute approximate surface area is 190 Å². The number of hydrazine groups is 1. The maximum atomic E-state index is 14.5. The first kappa shape index (κ1) is 25.7. The first-order valence-electron chi connectivity index (χ1n) is 10.2. The molecule has 1 aliphatic rings. The summed E-state index contributed by atoms with van der Waals surface area (Å²) in [6.45, 7) is 10.2. The number of nitrogens with zero attached hydrogens (tertiary/aromatic N) is 1. The molecular formula is C21H29FN4O7. The molecule has 33 heavy (non-hydrogen) atoms. The van der Waals surface area contributed by atoms with Crippen molar-refractivity contribution in [2.75, 3.05) is 18.0 Å². The van der Waals surface area contributed by atoms with Gasteiger partial charge in [0.1, 0.15) is 23.1 Å². The van der Waals surface area contributed by atoms with Crippen LogP contribution in [0.4, 0.5) is 24.5 Å². The summed E-state index contributed by atoms with van der Waals surface area (Å²) in [6, 6.07) is 3.51. The largest absolute Gasteiger partial charge is 0.444 e. The number of hydrogen-bond donors (Lipinski definition) is 3. The highest BCUT2D eigenvalue weighted by molar-refractivity contribution is 5.96. The van der Waals surface area contributed by atoms with Crippen LogP contribution in [0.25, 0.3) is 0 Å². The maximum Gasteiger partial charge on any atom is 0.426 e. The molecule has 0 unspecified atom stereocenters. The van der Waals surface area contributed by atoms with E-state index in [1.165, 1.54) is 11.0 Å². The lowest BCUT2D eigenvalue weighted by Crippen LogP contribution is -2.44. The number of carbonyl (C=O) groups excluding carboxylic acids is 4. The number of cyclic esters (lactones) is 1. The van der Waals surface area contributed by atoms with E-state index < -0.39 is 47.3 Å². The minimum Gasteiger partial charge on any atom is -0.444 e. The summed E-state index contributed by atoms with van der Waals surface area (Å²) in [5.41, 5.74) is 2.44. The van der Waals surface area contributed by atoms with Crippen LogP contribution in [-0.4, -0.2) is 54.6 Å². The third kappa shape index (κ3) is 8.13. The van der Waals surface area contributed by atoms with Crippen LogP contribution in [0, 0.1) is 5.82 Å². The summed E-state index contributed by atoms with van der Waals surface area (Å²) in [6.07, 6.45) is -2.96. The van der Waals surface area contributed by atoms with E-state index >= 15 is 0 Å². The number of nitrogens with one attached hydrogen (secondary N) is 3. The van der Waals surface area contributed by atoms with E-state index in [9.17, 15) is 23.6 Å². The standard InChI is InChI=1S/C21H29FN4O7/c1-20(2,3)32-17(28)23-10-13-11-26(19(30)31-13)12-7-8-14(15(22)9-12)16(27)24-25-18(29)33-21(4,5)6/h7-9,13H,10-11H2,1-6H3,(H,23,28)(H,24,27)(H,25,29)/t13-/m1/s1. The molecule has 0 saturated carbocycles. The average Bonchev–Trinajstić information content (AvgIpc) is 3.02. The topological polar surface area (TPSA) is 135 Å². The number of ether oxygens (including phenoxy) is 3. The molecule has 1 aromatic carbocycles. The SMILES string of the molecule is CC(C)(C)OC(=O)NC[C@@H]1CN(c2ccc(C(=O)NNC(=O)OC(C)(C)C)c(F)c2)C(=O)O1. The normalized spacial score (nSPS) is 16.0. The second kappa shape index (κ2) is 9.92. The predicted octanol–water partition coefficient (Wildman–Crippen LogP) is 2.85. The van der Waals surface area contributed by atoms with Gasteiger partial charge in [-0.2, -0.15) is 0 Å². The quantitative estimate of drug-likeness (QED) is 0.457. The molecule has 4 amide bonds. The third-order valence-corrected chi connectivity index (χ3v) is 3.93. The smallest absolute Gasteiger partial charge is 0.426 e. The van der Waals surface area contributed by atoms with E-state index in [0.717, 1.165) is 12.1 Å². The van der Waals surface area contributed by atoms with Gasteiger partial charge in [-0.3, -0.25) is 15.1 Å². The summed E-state index contributed by atoms with van der Waals surface area (Å²) in [5.74, 6) is -1.83. The van der Waals surface area contributed by atoms with E-state index in [4.69, 9.17) is 14.2 Å². The van der Waals surface area contributed by atoms with Gasteiger partial charge in [0.25, 0.3) is 5.91 Å². The van der Waals surface area contributed by atoms with Crippen LogP contribution in [0.2, 0.25) is 0 Å². The lowest BCUT2D eigenvalue weighted by atomic mass is 10.1. The fourth-order valence-corrected chi connectivity index (χ4v) is 2.68. The van der Waals surface area contributed by atoms with E-state index in [1.807, 2.05) is 10.9 Å². The third-order valence-electron chi connectivity index (χ3n) is 3.93. The second-order valence-corrected chi connectivity index (χ2v) is 9.24. The van der Waals surface area contributed by atoms with Crippen molar-refractivity contribution in [1.29, 1.82) is 0 Å². The Morgan fingerprint density at radius 1 is 1.06 bits per heavy atom. The zero-order chi connectivity index (χ0) is 25.0. The predicted molar refractivity (Wildman–Crippen MR) is 115 cm³/mol. The fourth-order valence-electron chi connectivity index (χ4n) is 2.68. The Morgan fingerprint density at radius 3 is 2.24 bits per heavy atom. The van der Waals surface area contributed by atoms with Crippen molar-refractivity contribution in [3.8, 4) is 0 Å². The molecule has 2 rings (SSSR count). The molecule has 11 nitrogen and oxygen atoms in total. The summed E-state index contributed by atoms with van der Waals surface area (Å²) < 4.78 is 29.8. The Kier molecular flexibility index (Phi) is 7.72. The molecule has 1 aromatic rings. The van der Waals surface area contributed by atoms with E-state index in [2.05, 4.69) is 5.32 Å². The number of halogens is 1. The van der Waals surface area contributed by atoms with Gasteiger partial charge < -0.3 is 19.5 Å². The average molecular weight is 468 g/mol. The number of anilines is 1. The highest BCUT2D eigenvalue weighted by Crippen LogP contribution is 2.24. The van der Waals surface area contributed by atoms with Gasteiger partial charge in [-0.1, -0.05) is 0 Å². The minimum atomic E-state index is -0.917. The van der Waals surface area contributed by atoms with Gasteiger partial charge in [-0.25, -0.2) is 24.2 Å². The number of amides is 4. The zero-order valence-electron chi connectivity index (χ0n) is 19.4. The molecule has 1 fully saturated rings. The molecule has 12 heteroatoms. The van der Waals surface area contributed by atoms with Crippen molar-refractivity contribution in [1.82, 2.24) is 16.2 Å². The molecule has 182 valence electrons. The minimum absolute atomic E-state index is 0.0104. The number of carbonyl (C=O) groups is 4. The van der Waals surface area contributed by atoms with Gasteiger partial charge in [0.05, 0.1) is 24.3 Å².